The smallest absolute Gasteiger partial charge is 0.0922 e. The lowest BCUT2D eigenvalue weighted by atomic mass is 10.1. The van der Waals surface area contributed by atoms with Gasteiger partial charge in [-0.15, -0.1) is 0 Å². The van der Waals surface area contributed by atoms with Crippen LogP contribution >= 0.6 is 0 Å². The van der Waals surface area contributed by atoms with Crippen molar-refractivity contribution in [1.82, 2.24) is 9.97 Å². The van der Waals surface area contributed by atoms with Crippen LogP contribution in [0.25, 0.3) is 16.6 Å². The number of hydrogen-bond donors (Lipinski definition) is 1. The molecule has 1 unspecified atom stereocenters. The van der Waals surface area contributed by atoms with Gasteiger partial charge in [0.15, 0.2) is 0 Å². The van der Waals surface area contributed by atoms with Crippen molar-refractivity contribution in [3.8, 4) is 0 Å². The molecule has 0 spiro atoms. The highest BCUT2D eigenvalue weighted by atomic mass is 14.8. The number of nitrogens with two attached hydrogens (primary N) is 1. The highest BCUT2D eigenvalue weighted by molar-refractivity contribution is 6.09. The zero-order chi connectivity index (χ0) is 16.7. The number of allylic oxidation sites excluding steroid dienone is 1. The van der Waals surface area contributed by atoms with Crippen molar-refractivity contribution < 1.29 is 0 Å². The lowest BCUT2D eigenvalue weighted by Crippen LogP contribution is -2.01. The van der Waals surface area contributed by atoms with E-state index < -0.39 is 0 Å². The van der Waals surface area contributed by atoms with Crippen LogP contribution in [-0.4, -0.2) is 22.2 Å². The largest absolute Gasteiger partial charge is 0.404 e. The normalized spacial score (nSPS) is 13.8. The summed E-state index contributed by atoms with van der Waals surface area (Å²) in [5.41, 5.74) is 10.3. The maximum absolute atomic E-state index is 5.77. The van der Waals surface area contributed by atoms with Crippen LogP contribution in [0.1, 0.15) is 50.8 Å². The quantitative estimate of drug-likeness (QED) is 0.613. The van der Waals surface area contributed by atoms with Gasteiger partial charge in [-0.3, -0.25) is 9.98 Å². The Labute approximate surface area is 138 Å². The van der Waals surface area contributed by atoms with Gasteiger partial charge in [-0.1, -0.05) is 32.3 Å². The van der Waals surface area contributed by atoms with Crippen LogP contribution in [0.4, 0.5) is 0 Å². The Kier molecular flexibility index (Phi) is 6.27. The second-order valence-corrected chi connectivity index (χ2v) is 5.99. The van der Waals surface area contributed by atoms with E-state index >= 15 is 0 Å². The number of nitrogens with zero attached hydrogens (tertiary/aromatic N) is 3. The zero-order valence-electron chi connectivity index (χ0n) is 14.3. The highest BCUT2D eigenvalue weighted by Gasteiger charge is 2.05. The molecule has 0 bridgehead atoms. The predicted octanol–water partition coefficient (Wildman–Crippen LogP) is 4.28. The summed E-state index contributed by atoms with van der Waals surface area (Å²) in [6.07, 6.45) is 9.93. The van der Waals surface area contributed by atoms with Crippen LogP contribution in [0, 0.1) is 6.92 Å². The molecular weight excluding hydrogens is 284 g/mol. The zero-order valence-corrected chi connectivity index (χ0v) is 14.3. The molecule has 2 rings (SSSR count). The van der Waals surface area contributed by atoms with Crippen LogP contribution in [0.15, 0.2) is 35.6 Å². The summed E-state index contributed by atoms with van der Waals surface area (Å²) in [4.78, 5) is 13.7. The first kappa shape index (κ1) is 17.1. The van der Waals surface area contributed by atoms with Gasteiger partial charge in [0.1, 0.15) is 0 Å². The average molecular weight is 310 g/mol. The molecule has 1 atom stereocenters. The van der Waals surface area contributed by atoms with E-state index in [4.69, 9.17) is 5.73 Å². The molecule has 1 aromatic heterocycles. The molecule has 0 saturated heterocycles. The Hall–Kier alpha value is -2.23. The maximum Gasteiger partial charge on any atom is 0.0922 e. The van der Waals surface area contributed by atoms with Crippen molar-refractivity contribution in [2.24, 2.45) is 10.7 Å². The van der Waals surface area contributed by atoms with Gasteiger partial charge < -0.3 is 5.73 Å². The number of fused-ring (bicyclic) bond motifs is 1. The van der Waals surface area contributed by atoms with Gasteiger partial charge in [-0.2, -0.15) is 0 Å². The van der Waals surface area contributed by atoms with Gasteiger partial charge in [-0.25, -0.2) is 4.98 Å². The first-order valence-corrected chi connectivity index (χ1v) is 8.33. The fourth-order valence-electron chi connectivity index (χ4n) is 2.43. The Morgan fingerprint density at radius 2 is 2.13 bits per heavy atom. The summed E-state index contributed by atoms with van der Waals surface area (Å²) in [7, 11) is 0. The second kappa shape index (κ2) is 8.42. The first-order chi connectivity index (χ1) is 11.1. The van der Waals surface area contributed by atoms with Crippen LogP contribution in [0.5, 0.6) is 0 Å². The number of rotatable bonds is 7. The van der Waals surface area contributed by atoms with Crippen molar-refractivity contribution >= 4 is 22.8 Å². The number of hydrogen-bond acceptors (Lipinski definition) is 4. The summed E-state index contributed by atoms with van der Waals surface area (Å²) in [5, 5.41) is 0. The Bertz CT molecular complexity index is 704. The summed E-state index contributed by atoms with van der Waals surface area (Å²) in [5.74, 6) is 0. The lowest BCUT2D eigenvalue weighted by Gasteiger charge is -2.07. The van der Waals surface area contributed by atoms with E-state index in [1.165, 1.54) is 24.8 Å². The lowest BCUT2D eigenvalue weighted by molar-refractivity contribution is 0.595. The minimum Gasteiger partial charge on any atom is -0.404 e. The fraction of sp³-hybridized carbons (Fsp3) is 0.421. The third-order valence-corrected chi connectivity index (χ3v) is 3.87. The summed E-state index contributed by atoms with van der Waals surface area (Å²) in [6, 6.07) is 6.35. The molecule has 122 valence electrons. The highest BCUT2D eigenvalue weighted by Crippen LogP contribution is 2.16. The van der Waals surface area contributed by atoms with Gasteiger partial charge in [-0.05, 0) is 38.0 Å². The number of aliphatic imine (C=N–C) groups is 1. The molecule has 0 saturated carbocycles. The van der Waals surface area contributed by atoms with Gasteiger partial charge in [0.25, 0.3) is 0 Å². The number of aryl methyl sites for hydroxylation is 1. The van der Waals surface area contributed by atoms with Crippen molar-refractivity contribution in [1.29, 1.82) is 0 Å². The predicted molar refractivity (Wildman–Crippen MR) is 98.5 cm³/mol. The molecule has 2 aromatic rings. The molecule has 1 aromatic carbocycles. The molecule has 0 fully saturated rings. The molecule has 0 aliphatic heterocycles. The first-order valence-electron chi connectivity index (χ1n) is 8.33. The SMILES string of the molecule is CCCCCC(C)N=CC(=CN)c1cnc2ccc(C)cc2n1. The van der Waals surface area contributed by atoms with Gasteiger partial charge in [0, 0.05) is 24.0 Å². The number of unbranched alkanes of at least 4 members (excludes halogenated alkanes) is 2. The average Bonchev–Trinajstić information content (AvgIpc) is 2.55. The molecule has 1 heterocycles. The van der Waals surface area contributed by atoms with E-state index in [1.54, 1.807) is 12.4 Å². The molecule has 4 nitrogen and oxygen atoms in total. The van der Waals surface area contributed by atoms with Crippen LogP contribution in [0.3, 0.4) is 0 Å². The van der Waals surface area contributed by atoms with Gasteiger partial charge in [0.2, 0.25) is 0 Å². The van der Waals surface area contributed by atoms with Gasteiger partial charge >= 0.3 is 0 Å². The Morgan fingerprint density at radius 3 is 2.87 bits per heavy atom. The molecule has 0 radical (unpaired) electrons. The summed E-state index contributed by atoms with van der Waals surface area (Å²) in [6.45, 7) is 6.39. The monoisotopic (exact) mass is 310 g/mol. The minimum atomic E-state index is 0.298. The summed E-state index contributed by atoms with van der Waals surface area (Å²) < 4.78 is 0. The standard InChI is InChI=1S/C19H26N4/c1-4-5-6-7-15(3)21-12-16(11-20)19-13-22-17-9-8-14(2)10-18(17)23-19/h8-13,15H,4-7,20H2,1-3H3. The number of benzene rings is 1. The molecule has 0 amide bonds. The van der Waals surface area contributed by atoms with Crippen LogP contribution < -0.4 is 5.73 Å². The third kappa shape index (κ3) is 4.88. The Morgan fingerprint density at radius 1 is 1.30 bits per heavy atom. The van der Waals surface area contributed by atoms with Crippen molar-refractivity contribution in [3.05, 3.63) is 41.9 Å². The van der Waals surface area contributed by atoms with Crippen LogP contribution in [0.2, 0.25) is 0 Å². The van der Waals surface area contributed by atoms with Crippen LogP contribution in [-0.2, 0) is 0 Å². The molecule has 0 aliphatic rings. The van der Waals surface area contributed by atoms with E-state index in [1.807, 2.05) is 31.3 Å². The van der Waals surface area contributed by atoms with Crippen molar-refractivity contribution in [2.75, 3.05) is 0 Å². The van der Waals surface area contributed by atoms with Crippen molar-refractivity contribution in [2.45, 2.75) is 52.5 Å². The number of aromatic nitrogens is 2. The second-order valence-electron chi connectivity index (χ2n) is 5.99. The molecular formula is C19H26N4. The summed E-state index contributed by atoms with van der Waals surface area (Å²) >= 11 is 0. The van der Waals surface area contributed by atoms with E-state index in [0.717, 1.165) is 28.7 Å². The molecule has 4 heteroatoms. The molecule has 2 N–H and O–H groups in total. The third-order valence-electron chi connectivity index (χ3n) is 3.87. The maximum atomic E-state index is 5.77. The molecule has 23 heavy (non-hydrogen) atoms. The topological polar surface area (TPSA) is 64.2 Å². The Balaban J connectivity index is 2.14. The van der Waals surface area contributed by atoms with Crippen molar-refractivity contribution in [3.63, 3.8) is 0 Å². The van der Waals surface area contributed by atoms with Gasteiger partial charge in [0.05, 0.1) is 22.9 Å². The fourth-order valence-corrected chi connectivity index (χ4v) is 2.43. The van der Waals surface area contributed by atoms with E-state index in [2.05, 4.69) is 28.8 Å². The molecule has 0 aliphatic carbocycles. The van der Waals surface area contributed by atoms with E-state index in [0.29, 0.717) is 6.04 Å². The minimum absolute atomic E-state index is 0.298. The van der Waals surface area contributed by atoms with E-state index in [9.17, 15) is 0 Å². The van der Waals surface area contributed by atoms with E-state index in [-0.39, 0.29) is 0 Å².